The summed E-state index contributed by atoms with van der Waals surface area (Å²) >= 11 is 0. The molecule has 1 aromatic rings. The summed E-state index contributed by atoms with van der Waals surface area (Å²) in [6, 6.07) is -0.608. The van der Waals surface area contributed by atoms with Gasteiger partial charge in [-0.25, -0.2) is 4.98 Å². The number of nitrogens with zero attached hydrogens (tertiary/aromatic N) is 1. The highest BCUT2D eigenvalue weighted by molar-refractivity contribution is 5.88. The Morgan fingerprint density at radius 1 is 1.39 bits per heavy atom. The fourth-order valence-corrected chi connectivity index (χ4v) is 2.82. The first-order chi connectivity index (χ1) is 11.2. The van der Waals surface area contributed by atoms with Crippen LogP contribution in [0.25, 0.3) is 0 Å². The van der Waals surface area contributed by atoms with Crippen LogP contribution in [0.5, 0.6) is 0 Å². The van der Waals surface area contributed by atoms with Crippen molar-refractivity contribution in [3.8, 4) is 11.8 Å². The summed E-state index contributed by atoms with van der Waals surface area (Å²) < 4.78 is 0. The summed E-state index contributed by atoms with van der Waals surface area (Å²) in [5.74, 6) is 5.31. The summed E-state index contributed by atoms with van der Waals surface area (Å²) in [6.07, 6.45) is 8.80. The fraction of sp³-hybridized carbons (Fsp3) is 0.588. The maximum atomic E-state index is 12.4. The highest BCUT2D eigenvalue weighted by Crippen LogP contribution is 2.23. The number of H-pyrrole nitrogens is 1. The standard InChI is InChI=1S/C17H24N4O2/c1-2-3-9-19-17(23)15(10-14-11-18-12-20-14)21-16(22)13-7-5-4-6-8-13/h11-13,15H,4-10H2,1H3,(H,18,20)(H,19,23)(H,21,22). The largest absolute Gasteiger partial charge is 0.348 e. The topological polar surface area (TPSA) is 86.9 Å². The Kier molecular flexibility index (Phi) is 6.67. The van der Waals surface area contributed by atoms with E-state index >= 15 is 0 Å². The highest BCUT2D eigenvalue weighted by Gasteiger charge is 2.26. The summed E-state index contributed by atoms with van der Waals surface area (Å²) in [5, 5.41) is 5.65. The van der Waals surface area contributed by atoms with Gasteiger partial charge in [0, 0.05) is 24.2 Å². The summed E-state index contributed by atoms with van der Waals surface area (Å²) in [5.41, 5.74) is 0.815. The van der Waals surface area contributed by atoms with Crippen LogP contribution in [0.3, 0.4) is 0 Å². The van der Waals surface area contributed by atoms with Gasteiger partial charge in [-0.1, -0.05) is 25.2 Å². The first kappa shape index (κ1) is 17.1. The number of carbonyl (C=O) groups excluding carboxylic acids is 2. The highest BCUT2D eigenvalue weighted by atomic mass is 16.2. The molecule has 0 aliphatic heterocycles. The van der Waals surface area contributed by atoms with Gasteiger partial charge < -0.3 is 15.6 Å². The first-order valence-electron chi connectivity index (χ1n) is 8.15. The monoisotopic (exact) mass is 316 g/mol. The zero-order chi connectivity index (χ0) is 16.5. The fourth-order valence-electron chi connectivity index (χ4n) is 2.82. The van der Waals surface area contributed by atoms with Crippen LogP contribution in [0.15, 0.2) is 12.5 Å². The van der Waals surface area contributed by atoms with Crippen molar-refractivity contribution in [2.24, 2.45) is 5.92 Å². The Bertz CT molecular complexity index is 565. The van der Waals surface area contributed by atoms with Crippen LogP contribution in [0.2, 0.25) is 0 Å². The molecule has 0 aromatic carbocycles. The molecule has 0 saturated heterocycles. The van der Waals surface area contributed by atoms with Gasteiger partial charge in [0.25, 0.3) is 0 Å². The third kappa shape index (κ3) is 5.44. The predicted octanol–water partition coefficient (Wildman–Crippen LogP) is 1.16. The van der Waals surface area contributed by atoms with E-state index < -0.39 is 6.04 Å². The van der Waals surface area contributed by atoms with Gasteiger partial charge in [-0.2, -0.15) is 0 Å². The molecule has 1 saturated carbocycles. The van der Waals surface area contributed by atoms with Gasteiger partial charge in [0.05, 0.1) is 12.9 Å². The van der Waals surface area contributed by atoms with Gasteiger partial charge >= 0.3 is 0 Å². The zero-order valence-corrected chi connectivity index (χ0v) is 13.5. The molecule has 1 atom stereocenters. The molecule has 0 bridgehead atoms. The molecule has 1 aliphatic carbocycles. The van der Waals surface area contributed by atoms with Crippen LogP contribution in [0.1, 0.15) is 44.7 Å². The van der Waals surface area contributed by atoms with E-state index in [-0.39, 0.29) is 24.3 Å². The molecule has 1 aromatic heterocycles. The number of carbonyl (C=O) groups is 2. The second-order valence-electron chi connectivity index (χ2n) is 5.82. The summed E-state index contributed by atoms with van der Waals surface area (Å²) in [4.78, 5) is 31.7. The van der Waals surface area contributed by atoms with E-state index in [4.69, 9.17) is 0 Å². The number of hydrogen-bond acceptors (Lipinski definition) is 3. The number of aromatic nitrogens is 2. The quantitative estimate of drug-likeness (QED) is 0.688. The molecule has 2 amide bonds. The number of aromatic amines is 1. The second kappa shape index (κ2) is 8.99. The van der Waals surface area contributed by atoms with Gasteiger partial charge in [0.15, 0.2) is 0 Å². The van der Waals surface area contributed by atoms with Crippen molar-refractivity contribution in [3.63, 3.8) is 0 Å². The third-order valence-corrected chi connectivity index (χ3v) is 4.12. The molecule has 23 heavy (non-hydrogen) atoms. The Morgan fingerprint density at radius 2 is 2.17 bits per heavy atom. The lowest BCUT2D eigenvalue weighted by Crippen LogP contribution is -2.50. The molecule has 0 radical (unpaired) electrons. The molecular formula is C17H24N4O2. The molecular weight excluding hydrogens is 292 g/mol. The van der Waals surface area contributed by atoms with E-state index in [0.717, 1.165) is 31.4 Å². The Balaban J connectivity index is 1.97. The van der Waals surface area contributed by atoms with Crippen molar-refractivity contribution in [2.75, 3.05) is 6.54 Å². The Labute approximate surface area is 136 Å². The van der Waals surface area contributed by atoms with Crippen LogP contribution in [-0.4, -0.2) is 34.4 Å². The maximum Gasteiger partial charge on any atom is 0.243 e. The van der Waals surface area contributed by atoms with E-state index in [1.54, 1.807) is 19.4 Å². The van der Waals surface area contributed by atoms with Crippen molar-refractivity contribution in [3.05, 3.63) is 18.2 Å². The number of hydrogen-bond donors (Lipinski definition) is 3. The molecule has 1 aliphatic rings. The zero-order valence-electron chi connectivity index (χ0n) is 13.5. The van der Waals surface area contributed by atoms with Gasteiger partial charge in [-0.05, 0) is 19.8 Å². The smallest absolute Gasteiger partial charge is 0.243 e. The predicted molar refractivity (Wildman–Crippen MR) is 87.3 cm³/mol. The summed E-state index contributed by atoms with van der Waals surface area (Å²) in [6.45, 7) is 2.01. The number of imidazole rings is 1. The lowest BCUT2D eigenvalue weighted by atomic mass is 9.88. The number of rotatable bonds is 6. The van der Waals surface area contributed by atoms with Crippen molar-refractivity contribution >= 4 is 11.8 Å². The molecule has 2 rings (SSSR count). The van der Waals surface area contributed by atoms with E-state index in [0.29, 0.717) is 6.42 Å². The van der Waals surface area contributed by atoms with Gasteiger partial charge in [0.2, 0.25) is 11.8 Å². The van der Waals surface area contributed by atoms with Crippen LogP contribution in [0, 0.1) is 17.8 Å². The summed E-state index contributed by atoms with van der Waals surface area (Å²) in [7, 11) is 0. The van der Waals surface area contributed by atoms with Crippen molar-refractivity contribution in [1.82, 2.24) is 20.6 Å². The molecule has 6 nitrogen and oxygen atoms in total. The van der Waals surface area contributed by atoms with Crippen LogP contribution in [0.4, 0.5) is 0 Å². The Morgan fingerprint density at radius 3 is 2.83 bits per heavy atom. The minimum atomic E-state index is -0.608. The van der Waals surface area contributed by atoms with E-state index in [9.17, 15) is 9.59 Å². The van der Waals surface area contributed by atoms with Crippen molar-refractivity contribution < 1.29 is 9.59 Å². The van der Waals surface area contributed by atoms with Gasteiger partial charge in [0.1, 0.15) is 6.04 Å². The lowest BCUT2D eigenvalue weighted by Gasteiger charge is -2.24. The van der Waals surface area contributed by atoms with E-state index in [1.807, 2.05) is 0 Å². The minimum absolute atomic E-state index is 0.0223. The molecule has 1 fully saturated rings. The molecule has 124 valence electrons. The number of nitrogens with one attached hydrogen (secondary N) is 3. The van der Waals surface area contributed by atoms with E-state index in [1.165, 1.54) is 6.42 Å². The SMILES string of the molecule is CC#CCNC(=O)C(Cc1cnc[nH]1)NC(=O)C1CCCCC1. The third-order valence-electron chi connectivity index (χ3n) is 4.12. The molecule has 6 heteroatoms. The van der Waals surface area contributed by atoms with E-state index in [2.05, 4.69) is 32.4 Å². The normalized spacial score (nSPS) is 16.0. The minimum Gasteiger partial charge on any atom is -0.348 e. The van der Waals surface area contributed by atoms with Crippen LogP contribution >= 0.6 is 0 Å². The van der Waals surface area contributed by atoms with Gasteiger partial charge in [-0.3, -0.25) is 9.59 Å². The second-order valence-corrected chi connectivity index (χ2v) is 5.82. The van der Waals surface area contributed by atoms with Crippen molar-refractivity contribution in [2.45, 2.75) is 51.5 Å². The van der Waals surface area contributed by atoms with Crippen LogP contribution in [-0.2, 0) is 16.0 Å². The van der Waals surface area contributed by atoms with Gasteiger partial charge in [-0.15, -0.1) is 5.92 Å². The first-order valence-corrected chi connectivity index (χ1v) is 8.15. The molecule has 1 unspecified atom stereocenters. The van der Waals surface area contributed by atoms with Crippen LogP contribution < -0.4 is 10.6 Å². The number of amides is 2. The molecule has 3 N–H and O–H groups in total. The average Bonchev–Trinajstić information content (AvgIpc) is 3.08. The molecule has 1 heterocycles. The van der Waals surface area contributed by atoms with Crippen molar-refractivity contribution in [1.29, 1.82) is 0 Å². The average molecular weight is 316 g/mol. The Hall–Kier alpha value is -2.29. The molecule has 0 spiro atoms. The lowest BCUT2D eigenvalue weighted by molar-refractivity contribution is -0.131. The maximum absolute atomic E-state index is 12.4.